The number of anilines is 1. The van der Waals surface area contributed by atoms with Gasteiger partial charge < -0.3 is 5.32 Å². The van der Waals surface area contributed by atoms with Gasteiger partial charge in [-0.15, -0.1) is 0 Å². The lowest BCUT2D eigenvalue weighted by Crippen LogP contribution is -2.19. The molecule has 0 radical (unpaired) electrons. The molecule has 1 aliphatic rings. The summed E-state index contributed by atoms with van der Waals surface area (Å²) in [6, 6.07) is 1.47. The molecule has 8 heteroatoms. The Kier molecular flexibility index (Phi) is 5.01. The van der Waals surface area contributed by atoms with E-state index < -0.39 is 12.0 Å². The van der Waals surface area contributed by atoms with Gasteiger partial charge in [0.05, 0.1) is 0 Å². The highest BCUT2D eigenvalue weighted by molar-refractivity contribution is 7.99. The second-order valence-electron chi connectivity index (χ2n) is 4.63. The minimum Gasteiger partial charge on any atom is -0.367 e. The molecule has 1 aliphatic carbocycles. The summed E-state index contributed by atoms with van der Waals surface area (Å²) < 4.78 is 37.8. The Morgan fingerprint density at radius 1 is 1.40 bits per heavy atom. The van der Waals surface area contributed by atoms with Crippen molar-refractivity contribution in [2.45, 2.75) is 43.7 Å². The van der Waals surface area contributed by atoms with Gasteiger partial charge >= 0.3 is 6.18 Å². The predicted molar refractivity (Wildman–Crippen MR) is 75.2 cm³/mol. The number of hydrogen-bond acceptors (Lipinski definition) is 4. The average molecular weight is 326 g/mol. The molecular weight excluding hydrogens is 311 g/mol. The summed E-state index contributed by atoms with van der Waals surface area (Å²) in [7, 11) is 0. The van der Waals surface area contributed by atoms with Crippen LogP contribution in [0.5, 0.6) is 0 Å². The molecule has 2 atom stereocenters. The van der Waals surface area contributed by atoms with Gasteiger partial charge in [0.25, 0.3) is 0 Å². The second-order valence-corrected chi connectivity index (χ2v) is 6.59. The van der Waals surface area contributed by atoms with E-state index in [1.54, 1.807) is 0 Å². The number of nitrogens with zero attached hydrogens (tertiary/aromatic N) is 2. The molecule has 1 saturated carbocycles. The van der Waals surface area contributed by atoms with Crippen molar-refractivity contribution in [3.8, 4) is 0 Å². The molecule has 0 aliphatic heterocycles. The van der Waals surface area contributed by atoms with Crippen LogP contribution in [0.25, 0.3) is 0 Å². The molecule has 0 bridgehead atoms. The van der Waals surface area contributed by atoms with E-state index in [1.807, 2.05) is 11.8 Å². The van der Waals surface area contributed by atoms with E-state index in [4.69, 9.17) is 11.6 Å². The van der Waals surface area contributed by atoms with Gasteiger partial charge in [-0.3, -0.25) is 0 Å². The lowest BCUT2D eigenvalue weighted by molar-refractivity contribution is -0.144. The van der Waals surface area contributed by atoms with Gasteiger partial charge in [-0.2, -0.15) is 24.9 Å². The highest BCUT2D eigenvalue weighted by Gasteiger charge is 2.35. The van der Waals surface area contributed by atoms with Crippen molar-refractivity contribution in [2.75, 3.05) is 11.1 Å². The highest BCUT2D eigenvalue weighted by Crippen LogP contribution is 2.32. The van der Waals surface area contributed by atoms with Crippen LogP contribution in [0.3, 0.4) is 0 Å². The number of hydrogen-bond donors (Lipinski definition) is 1. The van der Waals surface area contributed by atoms with Crippen molar-refractivity contribution in [1.29, 1.82) is 0 Å². The fourth-order valence-electron chi connectivity index (χ4n) is 2.29. The van der Waals surface area contributed by atoms with Crippen molar-refractivity contribution >= 4 is 29.2 Å². The average Bonchev–Trinajstić information content (AvgIpc) is 2.75. The van der Waals surface area contributed by atoms with Crippen LogP contribution >= 0.6 is 23.4 Å². The van der Waals surface area contributed by atoms with E-state index >= 15 is 0 Å². The van der Waals surface area contributed by atoms with Crippen molar-refractivity contribution in [1.82, 2.24) is 9.97 Å². The van der Waals surface area contributed by atoms with Crippen LogP contribution in [-0.2, 0) is 6.18 Å². The molecule has 3 nitrogen and oxygen atoms in total. The molecule has 0 spiro atoms. The molecule has 0 saturated heterocycles. The van der Waals surface area contributed by atoms with Gasteiger partial charge in [-0.25, -0.2) is 9.97 Å². The second kappa shape index (κ2) is 6.39. The van der Waals surface area contributed by atoms with Crippen LogP contribution in [0.15, 0.2) is 6.07 Å². The fraction of sp³-hybridized carbons (Fsp3) is 0.667. The molecule has 2 rings (SSSR count). The third kappa shape index (κ3) is 4.15. The van der Waals surface area contributed by atoms with Crippen molar-refractivity contribution < 1.29 is 13.2 Å². The van der Waals surface area contributed by atoms with Gasteiger partial charge in [0, 0.05) is 17.4 Å². The molecule has 1 aromatic rings. The number of aromatic nitrogens is 2. The standard InChI is InChI=1S/C12H15ClF3N3S/c1-2-20-8-4-3-7(5-8)17-10-6-9(13)18-11(19-10)12(14,15)16/h6-8H,2-5H2,1H3,(H,17,18,19). The number of rotatable bonds is 4. The molecule has 0 aromatic carbocycles. The van der Waals surface area contributed by atoms with Crippen LogP contribution in [0, 0.1) is 0 Å². The minimum atomic E-state index is -4.59. The Morgan fingerprint density at radius 3 is 2.80 bits per heavy atom. The summed E-state index contributed by atoms with van der Waals surface area (Å²) in [5, 5.41) is 3.40. The molecule has 1 aromatic heterocycles. The zero-order valence-corrected chi connectivity index (χ0v) is 12.4. The Morgan fingerprint density at radius 2 is 2.15 bits per heavy atom. The van der Waals surface area contributed by atoms with Gasteiger partial charge in [-0.05, 0) is 25.0 Å². The molecular formula is C12H15ClF3N3S. The van der Waals surface area contributed by atoms with Crippen LogP contribution in [-0.4, -0.2) is 27.0 Å². The summed E-state index contributed by atoms with van der Waals surface area (Å²) in [6.45, 7) is 2.10. The van der Waals surface area contributed by atoms with Crippen LogP contribution in [0.4, 0.5) is 19.0 Å². The normalized spacial score (nSPS) is 23.1. The van der Waals surface area contributed by atoms with Gasteiger partial charge in [0.2, 0.25) is 5.82 Å². The van der Waals surface area contributed by atoms with Gasteiger partial charge in [-0.1, -0.05) is 18.5 Å². The molecule has 0 amide bonds. The van der Waals surface area contributed by atoms with Crippen molar-refractivity contribution in [3.05, 3.63) is 17.0 Å². The smallest absolute Gasteiger partial charge is 0.367 e. The first kappa shape index (κ1) is 15.7. The van der Waals surface area contributed by atoms with E-state index in [0.717, 1.165) is 25.0 Å². The summed E-state index contributed by atoms with van der Waals surface area (Å²) in [4.78, 5) is 6.71. The van der Waals surface area contributed by atoms with Gasteiger partial charge in [0.15, 0.2) is 0 Å². The monoisotopic (exact) mass is 325 g/mol. The first-order valence-electron chi connectivity index (χ1n) is 6.38. The van der Waals surface area contributed by atoms with Crippen molar-refractivity contribution in [2.24, 2.45) is 0 Å². The molecule has 20 heavy (non-hydrogen) atoms. The van der Waals surface area contributed by atoms with E-state index in [9.17, 15) is 13.2 Å². The maximum absolute atomic E-state index is 12.6. The zero-order chi connectivity index (χ0) is 14.8. The predicted octanol–water partition coefficient (Wildman–Crippen LogP) is 4.23. The van der Waals surface area contributed by atoms with E-state index in [1.165, 1.54) is 6.07 Å². The van der Waals surface area contributed by atoms with Crippen LogP contribution < -0.4 is 5.32 Å². The number of alkyl halides is 3. The SMILES string of the molecule is CCSC1CCC(Nc2cc(Cl)nc(C(F)(F)F)n2)C1. The summed E-state index contributed by atoms with van der Waals surface area (Å²) in [6.07, 6.45) is -1.65. The fourth-order valence-corrected chi connectivity index (χ4v) is 3.61. The van der Waals surface area contributed by atoms with Gasteiger partial charge in [0.1, 0.15) is 11.0 Å². The summed E-state index contributed by atoms with van der Waals surface area (Å²) >= 11 is 7.51. The quantitative estimate of drug-likeness (QED) is 0.840. The number of nitrogens with one attached hydrogen (secondary N) is 1. The number of halogens is 4. The molecule has 2 unspecified atom stereocenters. The Hall–Kier alpha value is -0.690. The summed E-state index contributed by atoms with van der Waals surface area (Å²) in [5.74, 6) is -0.0102. The largest absolute Gasteiger partial charge is 0.451 e. The van der Waals surface area contributed by atoms with Crippen molar-refractivity contribution in [3.63, 3.8) is 0 Å². The maximum Gasteiger partial charge on any atom is 0.451 e. The highest BCUT2D eigenvalue weighted by atomic mass is 35.5. The molecule has 1 N–H and O–H groups in total. The van der Waals surface area contributed by atoms with E-state index in [-0.39, 0.29) is 17.0 Å². The Balaban J connectivity index is 2.05. The van der Waals surface area contributed by atoms with Crippen LogP contribution in [0.1, 0.15) is 32.0 Å². The first-order valence-corrected chi connectivity index (χ1v) is 7.81. The Bertz CT molecular complexity index is 470. The lowest BCUT2D eigenvalue weighted by Gasteiger charge is -2.15. The third-order valence-corrected chi connectivity index (χ3v) is 4.51. The third-order valence-electron chi connectivity index (χ3n) is 3.09. The summed E-state index contributed by atoms with van der Waals surface area (Å²) in [5.41, 5.74) is 0. The van der Waals surface area contributed by atoms with E-state index in [0.29, 0.717) is 5.25 Å². The maximum atomic E-state index is 12.6. The Labute approximate surface area is 124 Å². The van der Waals surface area contributed by atoms with E-state index in [2.05, 4.69) is 22.2 Å². The minimum absolute atomic E-state index is 0.143. The number of thioether (sulfide) groups is 1. The first-order chi connectivity index (χ1) is 9.38. The molecule has 1 fully saturated rings. The topological polar surface area (TPSA) is 37.8 Å². The molecule has 112 valence electrons. The molecule has 1 heterocycles. The zero-order valence-electron chi connectivity index (χ0n) is 10.9. The lowest BCUT2D eigenvalue weighted by atomic mass is 10.2. The van der Waals surface area contributed by atoms with Crippen LogP contribution in [0.2, 0.25) is 5.15 Å².